The van der Waals surface area contributed by atoms with Gasteiger partial charge in [0, 0.05) is 16.1 Å². The molecule has 1 aromatic heterocycles. The molecule has 1 aromatic carbocycles. The standard InChI is InChI=1S/C16H20BrNO/c1-4-12(3)18-10-14-6-8-16(19-14)13-5-7-15(17)11(2)9-13/h5-9,12,18H,4,10H2,1-3H3/t12-/m0/s1. The minimum absolute atomic E-state index is 0.517. The van der Waals surface area contributed by atoms with Crippen LogP contribution in [0.4, 0.5) is 0 Å². The van der Waals surface area contributed by atoms with Crippen LogP contribution in [0.1, 0.15) is 31.6 Å². The summed E-state index contributed by atoms with van der Waals surface area (Å²) < 4.78 is 7.01. The van der Waals surface area contributed by atoms with Gasteiger partial charge in [0.25, 0.3) is 0 Å². The van der Waals surface area contributed by atoms with Crippen LogP contribution in [0.3, 0.4) is 0 Å². The van der Waals surface area contributed by atoms with Crippen molar-refractivity contribution in [3.05, 3.63) is 46.1 Å². The predicted molar refractivity (Wildman–Crippen MR) is 83.2 cm³/mol. The lowest BCUT2D eigenvalue weighted by Crippen LogP contribution is -2.24. The largest absolute Gasteiger partial charge is 0.460 e. The summed E-state index contributed by atoms with van der Waals surface area (Å²) in [5.41, 5.74) is 2.34. The molecule has 0 aliphatic carbocycles. The molecule has 0 bridgehead atoms. The van der Waals surface area contributed by atoms with Gasteiger partial charge in [-0.05, 0) is 50.1 Å². The normalized spacial score (nSPS) is 12.6. The van der Waals surface area contributed by atoms with Gasteiger partial charge in [0.2, 0.25) is 0 Å². The van der Waals surface area contributed by atoms with E-state index in [9.17, 15) is 0 Å². The molecule has 19 heavy (non-hydrogen) atoms. The monoisotopic (exact) mass is 321 g/mol. The molecule has 2 rings (SSSR count). The molecule has 102 valence electrons. The highest BCUT2D eigenvalue weighted by molar-refractivity contribution is 9.10. The van der Waals surface area contributed by atoms with Crippen LogP contribution in [-0.4, -0.2) is 6.04 Å². The molecule has 0 aliphatic heterocycles. The van der Waals surface area contributed by atoms with E-state index in [1.165, 1.54) is 5.56 Å². The van der Waals surface area contributed by atoms with Crippen LogP contribution in [0.15, 0.2) is 39.2 Å². The highest BCUT2D eigenvalue weighted by Gasteiger charge is 2.07. The van der Waals surface area contributed by atoms with E-state index in [4.69, 9.17) is 4.42 Å². The zero-order chi connectivity index (χ0) is 13.8. The van der Waals surface area contributed by atoms with Gasteiger partial charge >= 0.3 is 0 Å². The van der Waals surface area contributed by atoms with Crippen LogP contribution in [0.25, 0.3) is 11.3 Å². The van der Waals surface area contributed by atoms with E-state index >= 15 is 0 Å². The van der Waals surface area contributed by atoms with Gasteiger partial charge in [0.15, 0.2) is 0 Å². The molecule has 0 saturated carbocycles. The van der Waals surface area contributed by atoms with E-state index in [-0.39, 0.29) is 0 Å². The summed E-state index contributed by atoms with van der Waals surface area (Å²) in [6, 6.07) is 10.9. The van der Waals surface area contributed by atoms with Crippen LogP contribution in [0.2, 0.25) is 0 Å². The molecule has 0 unspecified atom stereocenters. The molecular weight excluding hydrogens is 302 g/mol. The molecule has 0 saturated heterocycles. The van der Waals surface area contributed by atoms with E-state index in [1.54, 1.807) is 0 Å². The summed E-state index contributed by atoms with van der Waals surface area (Å²) in [5, 5.41) is 3.43. The first kappa shape index (κ1) is 14.4. The van der Waals surface area contributed by atoms with Gasteiger partial charge in [-0.3, -0.25) is 0 Å². The van der Waals surface area contributed by atoms with Gasteiger partial charge < -0.3 is 9.73 Å². The molecule has 3 heteroatoms. The van der Waals surface area contributed by atoms with E-state index in [1.807, 2.05) is 12.1 Å². The second kappa shape index (κ2) is 6.40. The zero-order valence-corrected chi connectivity index (χ0v) is 13.3. The van der Waals surface area contributed by atoms with Crippen LogP contribution in [0, 0.1) is 6.92 Å². The molecule has 0 amide bonds. The Bertz CT molecular complexity index is 547. The van der Waals surface area contributed by atoms with Crippen molar-refractivity contribution in [1.29, 1.82) is 0 Å². The fourth-order valence-corrected chi connectivity index (χ4v) is 2.09. The maximum atomic E-state index is 5.88. The zero-order valence-electron chi connectivity index (χ0n) is 11.7. The number of furan rings is 1. The summed E-state index contributed by atoms with van der Waals surface area (Å²) in [6.45, 7) is 7.23. The summed E-state index contributed by atoms with van der Waals surface area (Å²) in [6.07, 6.45) is 1.12. The first-order valence-corrected chi connectivity index (χ1v) is 7.48. The SMILES string of the molecule is CC[C@H](C)NCc1ccc(-c2ccc(Br)c(C)c2)o1. The molecule has 0 aliphatic rings. The van der Waals surface area contributed by atoms with Crippen LogP contribution >= 0.6 is 15.9 Å². The molecule has 0 radical (unpaired) electrons. The second-order valence-corrected chi connectivity index (χ2v) is 5.77. The second-order valence-electron chi connectivity index (χ2n) is 4.92. The third-order valence-electron chi connectivity index (χ3n) is 3.34. The quantitative estimate of drug-likeness (QED) is 0.846. The average molecular weight is 322 g/mol. The van der Waals surface area contributed by atoms with Crippen molar-refractivity contribution in [1.82, 2.24) is 5.32 Å². The minimum Gasteiger partial charge on any atom is -0.460 e. The molecule has 1 atom stereocenters. The third kappa shape index (κ3) is 3.71. The molecule has 2 nitrogen and oxygen atoms in total. The van der Waals surface area contributed by atoms with Crippen molar-refractivity contribution in [2.24, 2.45) is 0 Å². The first-order chi connectivity index (χ1) is 9.10. The summed E-state index contributed by atoms with van der Waals surface area (Å²) in [4.78, 5) is 0. The fraction of sp³-hybridized carbons (Fsp3) is 0.375. The molecular formula is C16H20BrNO. The lowest BCUT2D eigenvalue weighted by atomic mass is 10.1. The topological polar surface area (TPSA) is 25.2 Å². The van der Waals surface area contributed by atoms with Crippen molar-refractivity contribution in [2.45, 2.75) is 39.8 Å². The van der Waals surface area contributed by atoms with Crippen molar-refractivity contribution >= 4 is 15.9 Å². The number of halogens is 1. The number of hydrogen-bond acceptors (Lipinski definition) is 2. The minimum atomic E-state index is 0.517. The van der Waals surface area contributed by atoms with Gasteiger partial charge in [0.05, 0.1) is 6.54 Å². The van der Waals surface area contributed by atoms with Gasteiger partial charge in [-0.25, -0.2) is 0 Å². The van der Waals surface area contributed by atoms with E-state index in [0.717, 1.165) is 34.5 Å². The fourth-order valence-electron chi connectivity index (χ4n) is 1.85. The summed E-state index contributed by atoms with van der Waals surface area (Å²) in [7, 11) is 0. The molecule has 1 heterocycles. The van der Waals surface area contributed by atoms with E-state index < -0.39 is 0 Å². The smallest absolute Gasteiger partial charge is 0.134 e. The van der Waals surface area contributed by atoms with Crippen molar-refractivity contribution in [3.8, 4) is 11.3 Å². The maximum Gasteiger partial charge on any atom is 0.134 e. The van der Waals surface area contributed by atoms with Crippen LogP contribution < -0.4 is 5.32 Å². The van der Waals surface area contributed by atoms with Gasteiger partial charge in [-0.15, -0.1) is 0 Å². The lowest BCUT2D eigenvalue weighted by Gasteiger charge is -2.09. The Morgan fingerprint density at radius 2 is 2.05 bits per heavy atom. The lowest BCUT2D eigenvalue weighted by molar-refractivity contribution is 0.457. The highest BCUT2D eigenvalue weighted by atomic mass is 79.9. The Balaban J connectivity index is 2.09. The summed E-state index contributed by atoms with van der Waals surface area (Å²) in [5.74, 6) is 1.91. The Hall–Kier alpha value is -1.06. The third-order valence-corrected chi connectivity index (χ3v) is 4.23. The van der Waals surface area contributed by atoms with E-state index in [2.05, 4.69) is 60.2 Å². The Kier molecular flexibility index (Phi) is 4.83. The first-order valence-electron chi connectivity index (χ1n) is 6.68. The average Bonchev–Trinajstić information content (AvgIpc) is 2.88. The maximum absolute atomic E-state index is 5.88. The van der Waals surface area contributed by atoms with Crippen LogP contribution in [0.5, 0.6) is 0 Å². The number of nitrogens with one attached hydrogen (secondary N) is 1. The number of aryl methyl sites for hydroxylation is 1. The number of hydrogen-bond donors (Lipinski definition) is 1. The van der Waals surface area contributed by atoms with Crippen molar-refractivity contribution < 1.29 is 4.42 Å². The van der Waals surface area contributed by atoms with Gasteiger partial charge in [-0.1, -0.05) is 28.9 Å². The number of rotatable bonds is 5. The molecule has 0 spiro atoms. The predicted octanol–water partition coefficient (Wildman–Crippen LogP) is 4.91. The molecule has 1 N–H and O–H groups in total. The van der Waals surface area contributed by atoms with Crippen molar-refractivity contribution in [2.75, 3.05) is 0 Å². The van der Waals surface area contributed by atoms with E-state index in [0.29, 0.717) is 6.04 Å². The van der Waals surface area contributed by atoms with Crippen molar-refractivity contribution in [3.63, 3.8) is 0 Å². The Morgan fingerprint density at radius 1 is 1.26 bits per heavy atom. The highest BCUT2D eigenvalue weighted by Crippen LogP contribution is 2.26. The summed E-state index contributed by atoms with van der Waals surface area (Å²) >= 11 is 3.52. The number of benzene rings is 1. The van der Waals surface area contributed by atoms with Crippen LogP contribution in [-0.2, 0) is 6.54 Å². The Labute approximate surface area is 123 Å². The molecule has 2 aromatic rings. The molecule has 0 fully saturated rings. The van der Waals surface area contributed by atoms with Gasteiger partial charge in [0.1, 0.15) is 11.5 Å². The van der Waals surface area contributed by atoms with Gasteiger partial charge in [-0.2, -0.15) is 0 Å². The Morgan fingerprint density at radius 3 is 2.74 bits per heavy atom.